The SMILES string of the molecule is C[C@H](CCOC(C)(C)C)[C@H]1CC[C@H]2[C@@H]3C(=O)C=C4C[C@@H](O)CC[C@]4(C)[C@H]3CC[C@]12C. The van der Waals surface area contributed by atoms with E-state index in [1.807, 2.05) is 6.08 Å². The maximum atomic E-state index is 13.4. The lowest BCUT2D eigenvalue weighted by Gasteiger charge is -2.57. The number of hydrogen-bond donors (Lipinski definition) is 1. The number of aliphatic hydroxyl groups excluding tert-OH is 1. The fraction of sp³-hybridized carbons (Fsp3) is 0.889. The van der Waals surface area contributed by atoms with Gasteiger partial charge in [0.05, 0.1) is 11.7 Å². The van der Waals surface area contributed by atoms with Crippen LogP contribution >= 0.6 is 0 Å². The Morgan fingerprint density at radius 1 is 1.13 bits per heavy atom. The standard InChI is InChI=1S/C27H44O3/c1-17(11-14-30-25(2,3)4)20-7-8-21-24-22(10-13-27(20,21)6)26(5)12-9-19(28)15-18(26)16-23(24)29/h16-17,19-22,24,28H,7-15H2,1-6H3/t17-,19+,20-,21+,22+,24+,26+,27-/m1/s1. The summed E-state index contributed by atoms with van der Waals surface area (Å²) in [6.45, 7) is 14.6. The highest BCUT2D eigenvalue weighted by molar-refractivity contribution is 5.94. The summed E-state index contributed by atoms with van der Waals surface area (Å²) in [6, 6.07) is 0. The Balaban J connectivity index is 1.52. The highest BCUT2D eigenvalue weighted by atomic mass is 16.5. The van der Waals surface area contributed by atoms with Crippen LogP contribution in [0.4, 0.5) is 0 Å². The molecule has 0 aromatic rings. The quantitative estimate of drug-likeness (QED) is 0.616. The minimum absolute atomic E-state index is 0.0680. The molecule has 3 heteroatoms. The number of ketones is 1. The Kier molecular flexibility index (Phi) is 5.80. The molecule has 0 aromatic carbocycles. The lowest BCUT2D eigenvalue weighted by atomic mass is 9.46. The summed E-state index contributed by atoms with van der Waals surface area (Å²) in [6.07, 6.45) is 10.4. The number of ether oxygens (including phenoxy) is 1. The number of rotatable bonds is 4. The number of carbonyl (C=O) groups excluding carboxylic acids is 1. The van der Waals surface area contributed by atoms with E-state index in [2.05, 4.69) is 41.5 Å². The smallest absolute Gasteiger partial charge is 0.159 e. The summed E-state index contributed by atoms with van der Waals surface area (Å²) < 4.78 is 6.03. The van der Waals surface area contributed by atoms with Crippen LogP contribution in [0.25, 0.3) is 0 Å². The van der Waals surface area contributed by atoms with E-state index in [1.165, 1.54) is 31.3 Å². The van der Waals surface area contributed by atoms with E-state index in [0.29, 0.717) is 35.9 Å². The van der Waals surface area contributed by atoms with Gasteiger partial charge in [-0.25, -0.2) is 0 Å². The Labute approximate surface area is 184 Å². The third kappa shape index (κ3) is 3.72. The fourth-order valence-corrected chi connectivity index (χ4v) is 8.11. The van der Waals surface area contributed by atoms with Crippen LogP contribution < -0.4 is 0 Å². The molecular weight excluding hydrogens is 372 g/mol. The number of fused-ring (bicyclic) bond motifs is 5. The van der Waals surface area contributed by atoms with Crippen LogP contribution in [-0.2, 0) is 9.53 Å². The molecule has 0 saturated heterocycles. The van der Waals surface area contributed by atoms with E-state index in [1.54, 1.807) is 0 Å². The van der Waals surface area contributed by atoms with Gasteiger partial charge in [-0.3, -0.25) is 4.79 Å². The molecular formula is C27H44O3. The molecule has 0 aromatic heterocycles. The molecule has 0 radical (unpaired) electrons. The van der Waals surface area contributed by atoms with Crippen LogP contribution in [0, 0.1) is 40.4 Å². The van der Waals surface area contributed by atoms with Gasteiger partial charge in [-0.1, -0.05) is 26.3 Å². The summed E-state index contributed by atoms with van der Waals surface area (Å²) in [7, 11) is 0. The van der Waals surface area contributed by atoms with Crippen LogP contribution in [-0.4, -0.2) is 29.2 Å². The minimum atomic E-state index is -0.255. The molecule has 0 aliphatic heterocycles. The predicted molar refractivity (Wildman–Crippen MR) is 121 cm³/mol. The molecule has 4 aliphatic carbocycles. The number of allylic oxidation sites excluding steroid dienone is 1. The van der Waals surface area contributed by atoms with Gasteiger partial charge in [0.15, 0.2) is 5.78 Å². The van der Waals surface area contributed by atoms with Gasteiger partial charge in [0.25, 0.3) is 0 Å². The van der Waals surface area contributed by atoms with Crippen molar-refractivity contribution in [3.8, 4) is 0 Å². The molecule has 170 valence electrons. The number of hydrogen-bond acceptors (Lipinski definition) is 3. The third-order valence-electron chi connectivity index (χ3n) is 9.79. The molecule has 0 bridgehead atoms. The molecule has 0 unspecified atom stereocenters. The molecule has 30 heavy (non-hydrogen) atoms. The Bertz CT molecular complexity index is 703. The van der Waals surface area contributed by atoms with E-state index in [4.69, 9.17) is 4.74 Å². The Morgan fingerprint density at radius 3 is 2.57 bits per heavy atom. The Hall–Kier alpha value is -0.670. The van der Waals surface area contributed by atoms with Crippen LogP contribution in [0.15, 0.2) is 11.6 Å². The van der Waals surface area contributed by atoms with Crippen LogP contribution in [0.2, 0.25) is 0 Å². The molecule has 1 N–H and O–H groups in total. The van der Waals surface area contributed by atoms with Crippen molar-refractivity contribution in [1.82, 2.24) is 0 Å². The van der Waals surface area contributed by atoms with Crippen molar-refractivity contribution in [2.45, 2.75) is 105 Å². The summed E-state index contributed by atoms with van der Waals surface area (Å²) in [4.78, 5) is 13.4. The van der Waals surface area contributed by atoms with Crippen molar-refractivity contribution in [2.75, 3.05) is 6.61 Å². The minimum Gasteiger partial charge on any atom is -0.393 e. The van der Waals surface area contributed by atoms with Gasteiger partial charge >= 0.3 is 0 Å². The molecule has 0 heterocycles. The molecule has 0 spiro atoms. The van der Waals surface area contributed by atoms with Gasteiger partial charge in [-0.15, -0.1) is 0 Å². The van der Waals surface area contributed by atoms with Crippen molar-refractivity contribution in [2.24, 2.45) is 40.4 Å². The van der Waals surface area contributed by atoms with E-state index in [-0.39, 0.29) is 28.5 Å². The largest absolute Gasteiger partial charge is 0.393 e. The summed E-state index contributed by atoms with van der Waals surface area (Å²) in [5, 5.41) is 10.2. The average Bonchev–Trinajstić information content (AvgIpc) is 2.99. The lowest BCUT2D eigenvalue weighted by molar-refractivity contribution is -0.135. The molecule has 4 rings (SSSR count). The van der Waals surface area contributed by atoms with Crippen molar-refractivity contribution in [3.05, 3.63) is 11.6 Å². The van der Waals surface area contributed by atoms with Crippen LogP contribution in [0.1, 0.15) is 92.9 Å². The van der Waals surface area contributed by atoms with Gasteiger partial charge in [0.2, 0.25) is 0 Å². The highest BCUT2D eigenvalue weighted by Gasteiger charge is 2.61. The first-order valence-corrected chi connectivity index (χ1v) is 12.5. The van der Waals surface area contributed by atoms with Gasteiger partial charge in [0.1, 0.15) is 0 Å². The van der Waals surface area contributed by atoms with E-state index in [0.717, 1.165) is 25.9 Å². The summed E-state index contributed by atoms with van der Waals surface area (Å²) >= 11 is 0. The molecule has 3 fully saturated rings. The first-order valence-electron chi connectivity index (χ1n) is 12.5. The van der Waals surface area contributed by atoms with E-state index >= 15 is 0 Å². The first kappa shape index (κ1) is 22.5. The molecule has 0 amide bonds. The van der Waals surface area contributed by atoms with Crippen molar-refractivity contribution < 1.29 is 14.6 Å². The van der Waals surface area contributed by atoms with Gasteiger partial charge in [0, 0.05) is 12.5 Å². The number of aliphatic hydroxyl groups is 1. The second-order valence-corrected chi connectivity index (χ2v) is 12.6. The second kappa shape index (κ2) is 7.73. The lowest BCUT2D eigenvalue weighted by Crippen LogP contribution is -2.53. The fourth-order valence-electron chi connectivity index (χ4n) is 8.11. The predicted octanol–water partition coefficient (Wildman–Crippen LogP) is 5.95. The first-order chi connectivity index (χ1) is 14.0. The van der Waals surface area contributed by atoms with E-state index < -0.39 is 0 Å². The molecule has 8 atom stereocenters. The van der Waals surface area contributed by atoms with Crippen LogP contribution in [0.3, 0.4) is 0 Å². The molecule has 4 aliphatic rings. The van der Waals surface area contributed by atoms with Gasteiger partial charge in [-0.2, -0.15) is 0 Å². The maximum Gasteiger partial charge on any atom is 0.159 e. The summed E-state index contributed by atoms with van der Waals surface area (Å²) in [5.41, 5.74) is 1.59. The zero-order chi connectivity index (χ0) is 21.9. The molecule has 3 saturated carbocycles. The third-order valence-corrected chi connectivity index (χ3v) is 9.79. The molecule has 3 nitrogen and oxygen atoms in total. The van der Waals surface area contributed by atoms with Gasteiger partial charge in [-0.05, 0) is 113 Å². The zero-order valence-electron chi connectivity index (χ0n) is 20.2. The van der Waals surface area contributed by atoms with Gasteiger partial charge < -0.3 is 9.84 Å². The van der Waals surface area contributed by atoms with Crippen LogP contribution in [0.5, 0.6) is 0 Å². The number of carbonyl (C=O) groups is 1. The summed E-state index contributed by atoms with van der Waals surface area (Å²) in [5.74, 6) is 2.93. The topological polar surface area (TPSA) is 46.5 Å². The highest BCUT2D eigenvalue weighted by Crippen LogP contribution is 2.66. The normalized spacial score (nSPS) is 44.7. The Morgan fingerprint density at radius 2 is 1.87 bits per heavy atom. The average molecular weight is 417 g/mol. The van der Waals surface area contributed by atoms with Crippen molar-refractivity contribution >= 4 is 5.78 Å². The van der Waals surface area contributed by atoms with Crippen molar-refractivity contribution in [1.29, 1.82) is 0 Å². The zero-order valence-corrected chi connectivity index (χ0v) is 20.2. The maximum absolute atomic E-state index is 13.4. The monoisotopic (exact) mass is 416 g/mol. The van der Waals surface area contributed by atoms with Crippen molar-refractivity contribution in [3.63, 3.8) is 0 Å². The second-order valence-electron chi connectivity index (χ2n) is 12.6. The van der Waals surface area contributed by atoms with E-state index in [9.17, 15) is 9.90 Å².